The zero-order valence-electron chi connectivity index (χ0n) is 20.8. The van der Waals surface area contributed by atoms with Crippen molar-refractivity contribution in [3.05, 3.63) is 82.9 Å². The van der Waals surface area contributed by atoms with Crippen LogP contribution in [0.2, 0.25) is 5.02 Å². The lowest BCUT2D eigenvalue weighted by atomic mass is 10.1. The predicted molar refractivity (Wildman–Crippen MR) is 146 cm³/mol. The first-order valence-corrected chi connectivity index (χ1v) is 12.4. The molecule has 1 fully saturated rings. The standard InChI is InChI=1S/C28H31ClN4O3/c1-19(2)30-28(35)23-18-22(31-27(34)20-7-6-8-21(29)17-20)11-12-24(23)32-13-15-33(16-14-32)25-9-4-5-10-26(25)36-3/h4-12,17-19H,13-16H2,1-3H3,(H,30,35)(H,31,34). The van der Waals surface area contributed by atoms with Gasteiger partial charge in [0.25, 0.3) is 11.8 Å². The molecule has 0 spiro atoms. The zero-order valence-corrected chi connectivity index (χ0v) is 21.5. The number of carbonyl (C=O) groups is 2. The van der Waals surface area contributed by atoms with Crippen molar-refractivity contribution in [3.63, 3.8) is 0 Å². The molecule has 4 rings (SSSR count). The molecule has 0 unspecified atom stereocenters. The summed E-state index contributed by atoms with van der Waals surface area (Å²) in [5.41, 5.74) is 3.43. The van der Waals surface area contributed by atoms with E-state index in [2.05, 4.69) is 26.5 Å². The average Bonchev–Trinajstić information content (AvgIpc) is 2.88. The molecule has 3 aromatic rings. The van der Waals surface area contributed by atoms with Crippen LogP contribution < -0.4 is 25.2 Å². The fourth-order valence-corrected chi connectivity index (χ4v) is 4.51. The Bertz CT molecular complexity index is 1240. The van der Waals surface area contributed by atoms with Gasteiger partial charge in [0, 0.05) is 54.2 Å². The fourth-order valence-electron chi connectivity index (χ4n) is 4.32. The van der Waals surface area contributed by atoms with Crippen LogP contribution in [0.4, 0.5) is 17.1 Å². The van der Waals surface area contributed by atoms with Crippen molar-refractivity contribution in [1.29, 1.82) is 0 Å². The molecule has 7 nitrogen and oxygen atoms in total. The third-order valence-corrected chi connectivity index (χ3v) is 6.29. The summed E-state index contributed by atoms with van der Waals surface area (Å²) < 4.78 is 5.53. The number of piperazine rings is 1. The number of nitrogens with zero attached hydrogens (tertiary/aromatic N) is 2. The summed E-state index contributed by atoms with van der Waals surface area (Å²) in [6, 6.07) is 20.2. The molecule has 0 bridgehead atoms. The molecule has 0 aliphatic carbocycles. The van der Waals surface area contributed by atoms with Gasteiger partial charge in [-0.05, 0) is 62.4 Å². The predicted octanol–water partition coefficient (Wildman–Crippen LogP) is 5.07. The molecule has 1 aliphatic rings. The summed E-state index contributed by atoms with van der Waals surface area (Å²) in [4.78, 5) is 30.4. The second-order valence-corrected chi connectivity index (χ2v) is 9.41. The smallest absolute Gasteiger partial charge is 0.255 e. The highest BCUT2D eigenvalue weighted by molar-refractivity contribution is 6.31. The molecule has 0 radical (unpaired) electrons. The van der Waals surface area contributed by atoms with E-state index in [1.54, 1.807) is 37.4 Å². The number of nitrogens with one attached hydrogen (secondary N) is 2. The number of hydrogen-bond donors (Lipinski definition) is 2. The number of carbonyl (C=O) groups excluding carboxylic acids is 2. The molecule has 1 heterocycles. The van der Waals surface area contributed by atoms with Gasteiger partial charge in [0.1, 0.15) is 5.75 Å². The molecule has 2 N–H and O–H groups in total. The fraction of sp³-hybridized carbons (Fsp3) is 0.286. The van der Waals surface area contributed by atoms with Crippen LogP contribution in [-0.2, 0) is 0 Å². The van der Waals surface area contributed by atoms with Gasteiger partial charge in [0.05, 0.1) is 18.4 Å². The van der Waals surface area contributed by atoms with Gasteiger partial charge in [-0.15, -0.1) is 0 Å². The van der Waals surface area contributed by atoms with E-state index in [1.165, 1.54) is 0 Å². The number of methoxy groups -OCH3 is 1. The molecular formula is C28H31ClN4O3. The highest BCUT2D eigenvalue weighted by Gasteiger charge is 2.24. The second-order valence-electron chi connectivity index (χ2n) is 8.97. The molecule has 1 saturated heterocycles. The number of halogens is 1. The van der Waals surface area contributed by atoms with Crippen LogP contribution in [-0.4, -0.2) is 51.1 Å². The number of rotatable bonds is 7. The average molecular weight is 507 g/mol. The summed E-state index contributed by atoms with van der Waals surface area (Å²) in [5, 5.41) is 6.36. The molecule has 1 aliphatic heterocycles. The number of anilines is 3. The molecule has 0 saturated carbocycles. The maximum absolute atomic E-state index is 13.1. The summed E-state index contributed by atoms with van der Waals surface area (Å²) in [6.07, 6.45) is 0. The Morgan fingerprint density at radius 3 is 2.22 bits per heavy atom. The Kier molecular flexibility index (Phi) is 8.00. The quantitative estimate of drug-likeness (QED) is 0.468. The lowest BCUT2D eigenvalue weighted by Gasteiger charge is -2.38. The minimum absolute atomic E-state index is 0.0162. The van der Waals surface area contributed by atoms with E-state index in [0.717, 1.165) is 43.3 Å². The molecule has 36 heavy (non-hydrogen) atoms. The minimum atomic E-state index is -0.286. The van der Waals surface area contributed by atoms with Crippen molar-refractivity contribution < 1.29 is 14.3 Å². The first-order valence-electron chi connectivity index (χ1n) is 12.0. The largest absolute Gasteiger partial charge is 0.495 e. The van der Waals surface area contributed by atoms with E-state index in [4.69, 9.17) is 16.3 Å². The summed E-state index contributed by atoms with van der Waals surface area (Å²) >= 11 is 6.03. The SMILES string of the molecule is COc1ccccc1N1CCN(c2ccc(NC(=O)c3cccc(Cl)c3)cc2C(=O)NC(C)C)CC1. The Morgan fingerprint density at radius 1 is 0.861 bits per heavy atom. The second kappa shape index (κ2) is 11.4. The van der Waals surface area contributed by atoms with Crippen molar-refractivity contribution in [2.24, 2.45) is 0 Å². The van der Waals surface area contributed by atoms with Crippen molar-refractivity contribution in [2.75, 3.05) is 48.4 Å². The van der Waals surface area contributed by atoms with E-state index < -0.39 is 0 Å². The number of hydrogen-bond acceptors (Lipinski definition) is 5. The number of para-hydroxylation sites is 2. The first-order chi connectivity index (χ1) is 17.4. The zero-order chi connectivity index (χ0) is 25.7. The number of amides is 2. The van der Waals surface area contributed by atoms with Gasteiger partial charge in [0.2, 0.25) is 0 Å². The van der Waals surface area contributed by atoms with Crippen molar-refractivity contribution in [3.8, 4) is 5.75 Å². The van der Waals surface area contributed by atoms with E-state index in [9.17, 15) is 9.59 Å². The monoisotopic (exact) mass is 506 g/mol. The van der Waals surface area contributed by atoms with Crippen LogP contribution in [0.5, 0.6) is 5.75 Å². The van der Waals surface area contributed by atoms with E-state index >= 15 is 0 Å². The molecule has 2 amide bonds. The van der Waals surface area contributed by atoms with E-state index in [0.29, 0.717) is 21.8 Å². The van der Waals surface area contributed by atoms with Crippen molar-refractivity contribution >= 4 is 40.5 Å². The van der Waals surface area contributed by atoms with Crippen LogP contribution in [0.15, 0.2) is 66.7 Å². The molecule has 3 aromatic carbocycles. The minimum Gasteiger partial charge on any atom is -0.495 e. The van der Waals surface area contributed by atoms with Crippen molar-refractivity contribution in [1.82, 2.24) is 5.32 Å². The number of ether oxygens (including phenoxy) is 1. The van der Waals surface area contributed by atoms with Crippen LogP contribution in [0.3, 0.4) is 0 Å². The Labute approximate surface area is 217 Å². The van der Waals surface area contributed by atoms with Gasteiger partial charge in [0.15, 0.2) is 0 Å². The van der Waals surface area contributed by atoms with Gasteiger partial charge in [-0.2, -0.15) is 0 Å². The van der Waals surface area contributed by atoms with E-state index in [1.807, 2.05) is 44.2 Å². The Hall–Kier alpha value is -3.71. The van der Waals surface area contributed by atoms with Crippen LogP contribution in [0.25, 0.3) is 0 Å². The van der Waals surface area contributed by atoms with Crippen LogP contribution in [0, 0.1) is 0 Å². The molecular weight excluding hydrogens is 476 g/mol. The first kappa shape index (κ1) is 25.4. The maximum Gasteiger partial charge on any atom is 0.255 e. The van der Waals surface area contributed by atoms with Crippen molar-refractivity contribution in [2.45, 2.75) is 19.9 Å². The van der Waals surface area contributed by atoms with E-state index in [-0.39, 0.29) is 17.9 Å². The highest BCUT2D eigenvalue weighted by Crippen LogP contribution is 2.31. The van der Waals surface area contributed by atoms with Gasteiger partial charge in [-0.25, -0.2) is 0 Å². The topological polar surface area (TPSA) is 73.9 Å². The summed E-state index contributed by atoms with van der Waals surface area (Å²) in [5.74, 6) is 0.389. The Balaban J connectivity index is 1.55. The Morgan fingerprint density at radius 2 is 1.56 bits per heavy atom. The van der Waals surface area contributed by atoms with Gasteiger partial charge in [-0.1, -0.05) is 29.8 Å². The molecule has 0 atom stereocenters. The third-order valence-electron chi connectivity index (χ3n) is 6.05. The van der Waals surface area contributed by atoms with Gasteiger partial charge in [-0.3, -0.25) is 9.59 Å². The maximum atomic E-state index is 13.1. The molecule has 188 valence electrons. The third kappa shape index (κ3) is 5.91. The summed E-state index contributed by atoms with van der Waals surface area (Å²) in [6.45, 7) is 6.92. The van der Waals surface area contributed by atoms with Crippen LogP contribution >= 0.6 is 11.6 Å². The van der Waals surface area contributed by atoms with Crippen LogP contribution in [0.1, 0.15) is 34.6 Å². The molecule has 8 heteroatoms. The lowest BCUT2D eigenvalue weighted by molar-refractivity contribution is 0.0942. The lowest BCUT2D eigenvalue weighted by Crippen LogP contribution is -2.47. The number of benzene rings is 3. The molecule has 0 aromatic heterocycles. The normalized spacial score (nSPS) is 13.5. The highest BCUT2D eigenvalue weighted by atomic mass is 35.5. The van der Waals surface area contributed by atoms with Gasteiger partial charge >= 0.3 is 0 Å². The van der Waals surface area contributed by atoms with Gasteiger partial charge < -0.3 is 25.2 Å². The summed E-state index contributed by atoms with van der Waals surface area (Å²) in [7, 11) is 1.68.